The Morgan fingerprint density at radius 1 is 1.03 bits per heavy atom. The van der Waals surface area contributed by atoms with Crippen LogP contribution in [0.2, 0.25) is 0 Å². The van der Waals surface area contributed by atoms with Crippen LogP contribution in [0.1, 0.15) is 35.7 Å². The quantitative estimate of drug-likeness (QED) is 0.742. The first-order valence-corrected chi connectivity index (χ1v) is 10.7. The molecule has 1 heterocycles. The molecule has 156 valence electrons. The van der Waals surface area contributed by atoms with Crippen molar-refractivity contribution in [1.82, 2.24) is 10.2 Å². The Morgan fingerprint density at radius 2 is 1.72 bits per heavy atom. The van der Waals surface area contributed by atoms with Crippen LogP contribution in [-0.2, 0) is 6.54 Å². The van der Waals surface area contributed by atoms with Gasteiger partial charge in [-0.2, -0.15) is 0 Å². The van der Waals surface area contributed by atoms with E-state index in [0.717, 1.165) is 38.4 Å². The molecular weight excluding hydrogens is 360 g/mol. The summed E-state index contributed by atoms with van der Waals surface area (Å²) >= 11 is 0. The van der Waals surface area contributed by atoms with Gasteiger partial charge in [-0.3, -0.25) is 4.79 Å². The predicted octanol–water partition coefficient (Wildman–Crippen LogP) is 3.60. The molecule has 1 fully saturated rings. The highest BCUT2D eigenvalue weighted by atomic mass is 16.1. The maximum absolute atomic E-state index is 12.7. The maximum atomic E-state index is 12.7. The fourth-order valence-electron chi connectivity index (χ4n) is 3.69. The Kier molecular flexibility index (Phi) is 7.53. The predicted molar refractivity (Wildman–Crippen MR) is 122 cm³/mol. The smallest absolute Gasteiger partial charge is 0.251 e. The van der Waals surface area contributed by atoms with Gasteiger partial charge in [0.15, 0.2) is 0 Å². The largest absolute Gasteiger partial charge is 0.375 e. The lowest BCUT2D eigenvalue weighted by Gasteiger charge is -2.35. The van der Waals surface area contributed by atoms with E-state index >= 15 is 0 Å². The van der Waals surface area contributed by atoms with E-state index in [4.69, 9.17) is 0 Å². The topological polar surface area (TPSA) is 38.8 Å². The van der Waals surface area contributed by atoms with Crippen LogP contribution in [0.25, 0.3) is 0 Å². The normalized spacial score (nSPS) is 14.7. The van der Waals surface area contributed by atoms with E-state index in [0.29, 0.717) is 12.1 Å². The number of hydrogen-bond acceptors (Lipinski definition) is 4. The van der Waals surface area contributed by atoms with Crippen LogP contribution >= 0.6 is 0 Å². The third-order valence-corrected chi connectivity index (χ3v) is 5.69. The van der Waals surface area contributed by atoms with Gasteiger partial charge in [0.25, 0.3) is 5.91 Å². The van der Waals surface area contributed by atoms with Crippen molar-refractivity contribution in [3.8, 4) is 0 Å². The molecule has 0 radical (unpaired) electrons. The van der Waals surface area contributed by atoms with Crippen LogP contribution < -0.4 is 15.1 Å². The van der Waals surface area contributed by atoms with E-state index in [1.54, 1.807) is 0 Å². The first-order chi connectivity index (χ1) is 14.1. The first kappa shape index (κ1) is 21.2. The van der Waals surface area contributed by atoms with E-state index < -0.39 is 0 Å². The number of para-hydroxylation sites is 1. The minimum atomic E-state index is -0.0269. The number of hydrogen-bond donors (Lipinski definition) is 1. The molecule has 5 heteroatoms. The lowest BCUT2D eigenvalue weighted by atomic mass is 10.1. The van der Waals surface area contributed by atoms with Crippen molar-refractivity contribution in [3.63, 3.8) is 0 Å². The summed E-state index contributed by atoms with van der Waals surface area (Å²) in [6.45, 7) is 7.95. The number of anilines is 2. The van der Waals surface area contributed by atoms with Gasteiger partial charge in [0.05, 0.1) is 0 Å². The van der Waals surface area contributed by atoms with E-state index in [9.17, 15) is 4.79 Å². The third kappa shape index (κ3) is 5.73. The number of benzene rings is 2. The van der Waals surface area contributed by atoms with Gasteiger partial charge in [0, 0.05) is 63.3 Å². The summed E-state index contributed by atoms with van der Waals surface area (Å²) < 4.78 is 0. The average Bonchev–Trinajstić information content (AvgIpc) is 2.76. The molecule has 0 unspecified atom stereocenters. The Bertz CT molecular complexity index is 782. The van der Waals surface area contributed by atoms with Crippen LogP contribution in [0, 0.1) is 0 Å². The number of amides is 1. The van der Waals surface area contributed by atoms with Crippen molar-refractivity contribution in [2.24, 2.45) is 0 Å². The summed E-state index contributed by atoms with van der Waals surface area (Å²) in [4.78, 5) is 19.7. The average molecular weight is 395 g/mol. The standard InChI is InChI=1S/C24H34N4O/c1-4-5-14-27(3)22-12-10-20(11-13-22)24(29)25-19-21-8-6-7-9-23(21)28-17-15-26(2)16-18-28/h6-13H,4-5,14-19H2,1-3H3,(H,25,29). The zero-order valence-corrected chi connectivity index (χ0v) is 18.0. The maximum Gasteiger partial charge on any atom is 0.251 e. The molecule has 2 aromatic rings. The van der Waals surface area contributed by atoms with Gasteiger partial charge in [-0.05, 0) is 49.4 Å². The molecule has 0 atom stereocenters. The zero-order valence-electron chi connectivity index (χ0n) is 18.0. The highest BCUT2D eigenvalue weighted by Crippen LogP contribution is 2.22. The summed E-state index contributed by atoms with van der Waals surface area (Å²) in [6, 6.07) is 16.3. The summed E-state index contributed by atoms with van der Waals surface area (Å²) in [6.07, 6.45) is 2.35. The third-order valence-electron chi connectivity index (χ3n) is 5.69. The fourth-order valence-corrected chi connectivity index (χ4v) is 3.69. The van der Waals surface area contributed by atoms with Crippen LogP contribution in [0.5, 0.6) is 0 Å². The molecule has 2 aromatic carbocycles. The van der Waals surface area contributed by atoms with Gasteiger partial charge in [-0.25, -0.2) is 0 Å². The number of carbonyl (C=O) groups is 1. The Labute approximate surface area is 175 Å². The van der Waals surface area contributed by atoms with Crippen molar-refractivity contribution in [2.75, 3.05) is 56.6 Å². The minimum Gasteiger partial charge on any atom is -0.375 e. The molecule has 0 spiro atoms. The second-order valence-electron chi connectivity index (χ2n) is 7.92. The van der Waals surface area contributed by atoms with Crippen LogP contribution in [0.3, 0.4) is 0 Å². The zero-order chi connectivity index (χ0) is 20.6. The van der Waals surface area contributed by atoms with Crippen LogP contribution in [0.4, 0.5) is 11.4 Å². The second kappa shape index (κ2) is 10.3. The van der Waals surface area contributed by atoms with Gasteiger partial charge in [0.1, 0.15) is 0 Å². The molecule has 1 saturated heterocycles. The van der Waals surface area contributed by atoms with Crippen molar-refractivity contribution in [1.29, 1.82) is 0 Å². The molecule has 1 aliphatic rings. The van der Waals surface area contributed by atoms with E-state index in [1.165, 1.54) is 24.1 Å². The van der Waals surface area contributed by atoms with Crippen molar-refractivity contribution in [2.45, 2.75) is 26.3 Å². The molecule has 0 saturated carbocycles. The molecule has 0 aliphatic carbocycles. The molecule has 0 aromatic heterocycles. The summed E-state index contributed by atoms with van der Waals surface area (Å²) in [5.74, 6) is -0.0269. The highest BCUT2D eigenvalue weighted by molar-refractivity contribution is 5.94. The van der Waals surface area contributed by atoms with E-state index in [2.05, 4.69) is 59.2 Å². The minimum absolute atomic E-state index is 0.0269. The Hall–Kier alpha value is -2.53. The van der Waals surface area contributed by atoms with Gasteiger partial charge < -0.3 is 20.0 Å². The van der Waals surface area contributed by atoms with Gasteiger partial charge in [0.2, 0.25) is 0 Å². The van der Waals surface area contributed by atoms with Gasteiger partial charge in [-0.1, -0.05) is 31.5 Å². The van der Waals surface area contributed by atoms with Crippen molar-refractivity contribution >= 4 is 17.3 Å². The van der Waals surface area contributed by atoms with E-state index in [1.807, 2.05) is 30.3 Å². The van der Waals surface area contributed by atoms with Crippen LogP contribution in [0.15, 0.2) is 48.5 Å². The molecule has 0 bridgehead atoms. The molecule has 1 amide bonds. The lowest BCUT2D eigenvalue weighted by molar-refractivity contribution is 0.0951. The van der Waals surface area contributed by atoms with Gasteiger partial charge in [-0.15, -0.1) is 0 Å². The first-order valence-electron chi connectivity index (χ1n) is 10.7. The number of nitrogens with one attached hydrogen (secondary N) is 1. The fraction of sp³-hybridized carbons (Fsp3) is 0.458. The highest BCUT2D eigenvalue weighted by Gasteiger charge is 2.17. The molecule has 1 aliphatic heterocycles. The van der Waals surface area contributed by atoms with Crippen molar-refractivity contribution in [3.05, 3.63) is 59.7 Å². The van der Waals surface area contributed by atoms with Crippen molar-refractivity contribution < 1.29 is 4.79 Å². The molecule has 5 nitrogen and oxygen atoms in total. The SMILES string of the molecule is CCCCN(C)c1ccc(C(=O)NCc2ccccc2N2CCN(C)CC2)cc1. The number of rotatable bonds is 8. The number of carbonyl (C=O) groups excluding carboxylic acids is 1. The molecule has 1 N–H and O–H groups in total. The monoisotopic (exact) mass is 394 g/mol. The number of unbranched alkanes of at least 4 members (excludes halogenated alkanes) is 1. The molecule has 29 heavy (non-hydrogen) atoms. The molecular formula is C24H34N4O. The Balaban J connectivity index is 1.59. The summed E-state index contributed by atoms with van der Waals surface area (Å²) in [5, 5.41) is 3.10. The summed E-state index contributed by atoms with van der Waals surface area (Å²) in [5.41, 5.74) is 4.25. The van der Waals surface area contributed by atoms with Crippen LogP contribution in [-0.4, -0.2) is 57.6 Å². The molecule has 3 rings (SSSR count). The second-order valence-corrected chi connectivity index (χ2v) is 7.92. The number of nitrogens with zero attached hydrogens (tertiary/aromatic N) is 3. The lowest BCUT2D eigenvalue weighted by Crippen LogP contribution is -2.45. The Morgan fingerprint density at radius 3 is 2.41 bits per heavy atom. The van der Waals surface area contributed by atoms with E-state index in [-0.39, 0.29) is 5.91 Å². The number of likely N-dealkylation sites (N-methyl/N-ethyl adjacent to an activating group) is 1. The van der Waals surface area contributed by atoms with Gasteiger partial charge >= 0.3 is 0 Å². The summed E-state index contributed by atoms with van der Waals surface area (Å²) in [7, 11) is 4.26. The number of piperazine rings is 1.